The van der Waals surface area contributed by atoms with Crippen LogP contribution in [0.3, 0.4) is 0 Å². The Morgan fingerprint density at radius 3 is 2.61 bits per heavy atom. The summed E-state index contributed by atoms with van der Waals surface area (Å²) in [5, 5.41) is 2.84. The second-order valence-electron chi connectivity index (χ2n) is 4.84. The fourth-order valence-electron chi connectivity index (χ4n) is 1.72. The van der Waals surface area contributed by atoms with Gasteiger partial charge in [0.05, 0.1) is 0 Å². The van der Waals surface area contributed by atoms with Crippen LogP contribution in [0, 0.1) is 0 Å². The van der Waals surface area contributed by atoms with E-state index < -0.39 is 0 Å². The van der Waals surface area contributed by atoms with Gasteiger partial charge >= 0.3 is 0 Å². The van der Waals surface area contributed by atoms with Gasteiger partial charge in [0.15, 0.2) is 0 Å². The van der Waals surface area contributed by atoms with Crippen LogP contribution < -0.4 is 5.32 Å². The maximum atomic E-state index is 11.3. The number of benzene rings is 1. The number of rotatable bonds is 6. The van der Waals surface area contributed by atoms with E-state index in [1.165, 1.54) is 11.1 Å². The van der Waals surface area contributed by atoms with Crippen molar-refractivity contribution in [2.24, 2.45) is 0 Å². The topological polar surface area (TPSA) is 32.3 Å². The summed E-state index contributed by atoms with van der Waals surface area (Å²) >= 11 is 0. The molecule has 3 nitrogen and oxygen atoms in total. The summed E-state index contributed by atoms with van der Waals surface area (Å²) in [7, 11) is 4.11. The molecule has 98 valence electrons. The number of nitrogens with zero attached hydrogens (tertiary/aromatic N) is 1. The van der Waals surface area contributed by atoms with E-state index in [1.54, 1.807) is 6.92 Å². The molecule has 0 unspecified atom stereocenters. The minimum Gasteiger partial charge on any atom is -0.352 e. The van der Waals surface area contributed by atoms with Crippen LogP contribution >= 0.6 is 0 Å². The Morgan fingerprint density at radius 1 is 1.33 bits per heavy atom. The van der Waals surface area contributed by atoms with Crippen molar-refractivity contribution in [1.29, 1.82) is 0 Å². The molecule has 1 aromatic rings. The third kappa shape index (κ3) is 5.15. The van der Waals surface area contributed by atoms with Gasteiger partial charge in [0.2, 0.25) is 5.91 Å². The van der Waals surface area contributed by atoms with Crippen molar-refractivity contribution in [1.82, 2.24) is 10.2 Å². The molecular weight excluding hydrogens is 224 g/mol. The molecule has 0 aliphatic carbocycles. The third-order valence-corrected chi connectivity index (χ3v) is 2.58. The number of nitrogens with one attached hydrogen (secondary N) is 1. The highest BCUT2D eigenvalue weighted by Crippen LogP contribution is 2.07. The quantitative estimate of drug-likeness (QED) is 0.778. The van der Waals surface area contributed by atoms with E-state index in [4.69, 9.17) is 0 Å². The average Bonchev–Trinajstić information content (AvgIpc) is 2.28. The smallest absolute Gasteiger partial charge is 0.246 e. The maximum absolute atomic E-state index is 11.3. The van der Waals surface area contributed by atoms with Crippen molar-refractivity contribution in [3.05, 3.63) is 47.5 Å². The van der Waals surface area contributed by atoms with Crippen LogP contribution in [-0.2, 0) is 17.8 Å². The van der Waals surface area contributed by atoms with Gasteiger partial charge in [-0.25, -0.2) is 0 Å². The van der Waals surface area contributed by atoms with E-state index >= 15 is 0 Å². The van der Waals surface area contributed by atoms with Gasteiger partial charge in [-0.3, -0.25) is 4.79 Å². The number of carbonyl (C=O) groups is 1. The zero-order chi connectivity index (χ0) is 13.5. The highest BCUT2D eigenvalue weighted by Gasteiger charge is 2.01. The maximum Gasteiger partial charge on any atom is 0.246 e. The third-order valence-electron chi connectivity index (χ3n) is 2.58. The predicted octanol–water partition coefficient (Wildman–Crippen LogP) is 1.98. The van der Waals surface area contributed by atoms with Gasteiger partial charge in [-0.2, -0.15) is 0 Å². The monoisotopic (exact) mass is 246 g/mol. The first-order valence-electron chi connectivity index (χ1n) is 6.15. The Hall–Kier alpha value is -1.61. The summed E-state index contributed by atoms with van der Waals surface area (Å²) < 4.78 is 0. The van der Waals surface area contributed by atoms with E-state index in [2.05, 4.69) is 55.2 Å². The Kier molecular flexibility index (Phi) is 5.59. The molecule has 0 radical (unpaired) electrons. The highest BCUT2D eigenvalue weighted by atomic mass is 16.1. The number of hydrogen-bond acceptors (Lipinski definition) is 2. The Labute approximate surface area is 109 Å². The fraction of sp³-hybridized carbons (Fsp3) is 0.400. The lowest BCUT2D eigenvalue weighted by Crippen LogP contribution is -2.25. The SMILES string of the molecule is C=C(C)C(=O)NCCc1cccc(CN(C)C)c1. The van der Waals surface area contributed by atoms with Gasteiger partial charge in [-0.05, 0) is 38.6 Å². The molecular formula is C15H22N2O. The van der Waals surface area contributed by atoms with Crippen LogP contribution in [0.5, 0.6) is 0 Å². The fourth-order valence-corrected chi connectivity index (χ4v) is 1.72. The summed E-state index contributed by atoms with van der Waals surface area (Å²) in [6, 6.07) is 8.46. The van der Waals surface area contributed by atoms with Crippen LogP contribution in [-0.4, -0.2) is 31.4 Å². The zero-order valence-electron chi connectivity index (χ0n) is 11.5. The van der Waals surface area contributed by atoms with E-state index in [1.807, 2.05) is 0 Å². The Morgan fingerprint density at radius 2 is 2.00 bits per heavy atom. The Balaban J connectivity index is 2.47. The molecule has 0 saturated heterocycles. The molecule has 18 heavy (non-hydrogen) atoms. The number of hydrogen-bond donors (Lipinski definition) is 1. The van der Waals surface area contributed by atoms with Crippen LogP contribution in [0.1, 0.15) is 18.1 Å². The molecule has 0 bridgehead atoms. The van der Waals surface area contributed by atoms with Gasteiger partial charge in [-0.15, -0.1) is 0 Å². The first-order chi connectivity index (χ1) is 8.49. The van der Waals surface area contributed by atoms with Crippen molar-refractivity contribution in [2.75, 3.05) is 20.6 Å². The van der Waals surface area contributed by atoms with Crippen molar-refractivity contribution in [2.45, 2.75) is 19.9 Å². The molecule has 0 atom stereocenters. The minimum absolute atomic E-state index is 0.0700. The van der Waals surface area contributed by atoms with Crippen LogP contribution in [0.4, 0.5) is 0 Å². The largest absolute Gasteiger partial charge is 0.352 e. The lowest BCUT2D eigenvalue weighted by atomic mass is 10.1. The summed E-state index contributed by atoms with van der Waals surface area (Å²) in [5.74, 6) is -0.0700. The normalized spacial score (nSPS) is 10.4. The second-order valence-corrected chi connectivity index (χ2v) is 4.84. The minimum atomic E-state index is -0.0700. The molecule has 1 aromatic carbocycles. The highest BCUT2D eigenvalue weighted by molar-refractivity contribution is 5.92. The molecule has 0 heterocycles. The van der Waals surface area contributed by atoms with Gasteiger partial charge in [-0.1, -0.05) is 30.8 Å². The molecule has 1 amide bonds. The molecule has 0 saturated carbocycles. The standard InChI is InChI=1S/C15H22N2O/c1-12(2)15(18)16-9-8-13-6-5-7-14(10-13)11-17(3)4/h5-7,10H,1,8-9,11H2,2-4H3,(H,16,18). The summed E-state index contributed by atoms with van der Waals surface area (Å²) in [4.78, 5) is 13.5. The molecule has 1 rings (SSSR count). The van der Waals surface area contributed by atoms with Gasteiger partial charge < -0.3 is 10.2 Å². The molecule has 0 aromatic heterocycles. The van der Waals surface area contributed by atoms with Crippen molar-refractivity contribution in [3.8, 4) is 0 Å². The number of amides is 1. The van der Waals surface area contributed by atoms with Crippen molar-refractivity contribution >= 4 is 5.91 Å². The van der Waals surface area contributed by atoms with Crippen LogP contribution in [0.25, 0.3) is 0 Å². The molecule has 0 aliphatic rings. The van der Waals surface area contributed by atoms with Gasteiger partial charge in [0, 0.05) is 18.7 Å². The second kappa shape index (κ2) is 6.97. The molecule has 0 spiro atoms. The van der Waals surface area contributed by atoms with Crippen molar-refractivity contribution < 1.29 is 4.79 Å². The van der Waals surface area contributed by atoms with Crippen molar-refractivity contribution in [3.63, 3.8) is 0 Å². The molecule has 3 heteroatoms. The molecule has 0 fully saturated rings. The van der Waals surface area contributed by atoms with E-state index in [9.17, 15) is 4.79 Å². The average molecular weight is 246 g/mol. The first kappa shape index (κ1) is 14.5. The zero-order valence-corrected chi connectivity index (χ0v) is 11.5. The molecule has 0 aliphatic heterocycles. The lowest BCUT2D eigenvalue weighted by molar-refractivity contribution is -0.117. The van der Waals surface area contributed by atoms with E-state index in [-0.39, 0.29) is 5.91 Å². The molecule has 1 N–H and O–H groups in total. The summed E-state index contributed by atoms with van der Waals surface area (Å²) in [5.41, 5.74) is 3.09. The van der Waals surface area contributed by atoms with Gasteiger partial charge in [0.1, 0.15) is 0 Å². The Bertz CT molecular complexity index is 424. The summed E-state index contributed by atoms with van der Waals surface area (Å²) in [6.07, 6.45) is 0.848. The lowest BCUT2D eigenvalue weighted by Gasteiger charge is -2.11. The van der Waals surface area contributed by atoms with E-state index in [0.29, 0.717) is 12.1 Å². The first-order valence-corrected chi connectivity index (χ1v) is 6.15. The van der Waals surface area contributed by atoms with E-state index in [0.717, 1.165) is 13.0 Å². The summed E-state index contributed by atoms with van der Waals surface area (Å²) in [6.45, 7) is 6.91. The van der Waals surface area contributed by atoms with Crippen LogP contribution in [0.15, 0.2) is 36.4 Å². The number of carbonyl (C=O) groups excluding carboxylic acids is 1. The van der Waals surface area contributed by atoms with Crippen LogP contribution in [0.2, 0.25) is 0 Å². The predicted molar refractivity (Wildman–Crippen MR) is 75.4 cm³/mol. The van der Waals surface area contributed by atoms with Gasteiger partial charge in [0.25, 0.3) is 0 Å².